The Morgan fingerprint density at radius 1 is 1.35 bits per heavy atom. The fourth-order valence-electron chi connectivity index (χ4n) is 2.88. The first kappa shape index (κ1) is 13.3. The lowest BCUT2D eigenvalue weighted by molar-refractivity contribution is 0.0154. The molecule has 1 unspecified atom stereocenters. The second-order valence-electron chi connectivity index (χ2n) is 5.56. The van der Waals surface area contributed by atoms with Crippen molar-refractivity contribution in [1.29, 1.82) is 0 Å². The van der Waals surface area contributed by atoms with Crippen molar-refractivity contribution in [2.75, 3.05) is 46.0 Å². The zero-order valence-electron chi connectivity index (χ0n) is 11.0. The van der Waals surface area contributed by atoms with E-state index in [-0.39, 0.29) is 6.10 Å². The molecule has 0 aliphatic carbocycles. The van der Waals surface area contributed by atoms with Gasteiger partial charge < -0.3 is 20.1 Å². The molecule has 2 aliphatic rings. The van der Waals surface area contributed by atoms with E-state index in [1.807, 2.05) is 6.92 Å². The Balaban J connectivity index is 1.67. The fraction of sp³-hybridized carbons (Fsp3) is 1.00. The largest absolute Gasteiger partial charge is 0.381 e. The zero-order valence-corrected chi connectivity index (χ0v) is 11.0. The lowest BCUT2D eigenvalue weighted by Gasteiger charge is -2.33. The molecule has 1 spiro atoms. The van der Waals surface area contributed by atoms with E-state index in [1.165, 1.54) is 32.4 Å². The quantitative estimate of drug-likeness (QED) is 0.776. The van der Waals surface area contributed by atoms with Crippen molar-refractivity contribution in [3.63, 3.8) is 0 Å². The molecular formula is C13H26N2O2. The third-order valence-corrected chi connectivity index (χ3v) is 4.21. The predicted octanol–water partition coefficient (Wildman–Crippen LogP) is 0.853. The molecular weight excluding hydrogens is 216 g/mol. The summed E-state index contributed by atoms with van der Waals surface area (Å²) in [6.45, 7) is 8.86. The first-order chi connectivity index (χ1) is 8.24. The Bertz CT molecular complexity index is 229. The topological polar surface area (TPSA) is 47.7 Å². The Morgan fingerprint density at radius 3 is 2.82 bits per heavy atom. The van der Waals surface area contributed by atoms with Gasteiger partial charge in [0, 0.05) is 32.8 Å². The van der Waals surface area contributed by atoms with Crippen molar-refractivity contribution in [2.24, 2.45) is 11.1 Å². The molecule has 2 rings (SSSR count). The van der Waals surface area contributed by atoms with Crippen LogP contribution in [0.5, 0.6) is 0 Å². The fourth-order valence-corrected chi connectivity index (χ4v) is 2.88. The first-order valence-corrected chi connectivity index (χ1v) is 6.86. The van der Waals surface area contributed by atoms with Crippen LogP contribution in [-0.2, 0) is 9.47 Å². The van der Waals surface area contributed by atoms with Crippen LogP contribution in [0.2, 0.25) is 0 Å². The van der Waals surface area contributed by atoms with E-state index in [4.69, 9.17) is 15.2 Å². The van der Waals surface area contributed by atoms with Crippen molar-refractivity contribution in [2.45, 2.75) is 32.3 Å². The summed E-state index contributed by atoms with van der Waals surface area (Å²) in [5.74, 6) is 0. The van der Waals surface area contributed by atoms with Crippen molar-refractivity contribution in [3.05, 3.63) is 0 Å². The van der Waals surface area contributed by atoms with Gasteiger partial charge in [-0.15, -0.1) is 0 Å². The van der Waals surface area contributed by atoms with Gasteiger partial charge >= 0.3 is 0 Å². The maximum absolute atomic E-state index is 5.64. The summed E-state index contributed by atoms with van der Waals surface area (Å²) >= 11 is 0. The Morgan fingerprint density at radius 2 is 2.12 bits per heavy atom. The summed E-state index contributed by atoms with van der Waals surface area (Å²) in [7, 11) is 0. The highest BCUT2D eigenvalue weighted by molar-refractivity contribution is 4.91. The van der Waals surface area contributed by atoms with Crippen LogP contribution < -0.4 is 5.73 Å². The molecule has 0 amide bonds. The number of likely N-dealkylation sites (tertiary alicyclic amines) is 1. The summed E-state index contributed by atoms with van der Waals surface area (Å²) in [6.07, 6.45) is 4.00. The molecule has 0 radical (unpaired) electrons. The summed E-state index contributed by atoms with van der Waals surface area (Å²) in [5, 5.41) is 0. The van der Waals surface area contributed by atoms with Gasteiger partial charge in [-0.05, 0) is 38.1 Å². The summed E-state index contributed by atoms with van der Waals surface area (Å²) in [6, 6.07) is 0. The van der Waals surface area contributed by atoms with Gasteiger partial charge in [0.1, 0.15) is 0 Å². The van der Waals surface area contributed by atoms with Crippen LogP contribution >= 0.6 is 0 Å². The van der Waals surface area contributed by atoms with E-state index in [9.17, 15) is 0 Å². The van der Waals surface area contributed by atoms with Gasteiger partial charge in [0.15, 0.2) is 0 Å². The number of nitrogens with two attached hydrogens (primary N) is 1. The molecule has 2 heterocycles. The number of ether oxygens (including phenoxy) is 2. The molecule has 0 saturated carbocycles. The maximum atomic E-state index is 5.64. The second kappa shape index (κ2) is 6.14. The van der Waals surface area contributed by atoms with Crippen LogP contribution in [0.4, 0.5) is 0 Å². The average molecular weight is 242 g/mol. The van der Waals surface area contributed by atoms with Crippen molar-refractivity contribution in [1.82, 2.24) is 4.90 Å². The summed E-state index contributed by atoms with van der Waals surface area (Å²) in [4.78, 5) is 2.54. The number of nitrogens with zero attached hydrogens (tertiary/aromatic N) is 1. The predicted molar refractivity (Wildman–Crippen MR) is 68.0 cm³/mol. The molecule has 4 nitrogen and oxygen atoms in total. The lowest BCUT2D eigenvalue weighted by atomic mass is 9.80. The highest BCUT2D eigenvalue weighted by atomic mass is 16.5. The molecule has 1 atom stereocenters. The van der Waals surface area contributed by atoms with E-state index in [1.54, 1.807) is 0 Å². The minimum absolute atomic E-state index is 0.189. The minimum atomic E-state index is 0.189. The van der Waals surface area contributed by atoms with Gasteiger partial charge in [-0.3, -0.25) is 0 Å². The van der Waals surface area contributed by atoms with Crippen LogP contribution in [0.1, 0.15) is 26.2 Å². The Hall–Kier alpha value is -0.160. The Labute approximate surface area is 104 Å². The van der Waals surface area contributed by atoms with E-state index in [2.05, 4.69) is 4.90 Å². The lowest BCUT2D eigenvalue weighted by Crippen LogP contribution is -2.34. The average Bonchev–Trinajstić information content (AvgIpc) is 2.73. The zero-order chi connectivity index (χ0) is 12.1. The molecule has 17 heavy (non-hydrogen) atoms. The van der Waals surface area contributed by atoms with Crippen LogP contribution in [0, 0.1) is 5.41 Å². The highest BCUT2D eigenvalue weighted by Crippen LogP contribution is 2.39. The van der Waals surface area contributed by atoms with Gasteiger partial charge in [-0.2, -0.15) is 0 Å². The molecule has 2 saturated heterocycles. The molecule has 4 heteroatoms. The van der Waals surface area contributed by atoms with Gasteiger partial charge in [0.2, 0.25) is 0 Å². The smallest absolute Gasteiger partial charge is 0.0669 e. The van der Waals surface area contributed by atoms with Gasteiger partial charge in [0.05, 0.1) is 12.7 Å². The Kier molecular flexibility index (Phi) is 4.79. The monoisotopic (exact) mass is 242 g/mol. The maximum Gasteiger partial charge on any atom is 0.0669 e. The first-order valence-electron chi connectivity index (χ1n) is 6.86. The second-order valence-corrected chi connectivity index (χ2v) is 5.56. The van der Waals surface area contributed by atoms with Gasteiger partial charge in [-0.25, -0.2) is 0 Å². The minimum Gasteiger partial charge on any atom is -0.381 e. The number of hydrogen-bond donors (Lipinski definition) is 1. The SMILES string of the molecule is CC(CN)OCCN1CCC2(CCOCC2)C1. The highest BCUT2D eigenvalue weighted by Gasteiger charge is 2.38. The normalized spacial score (nSPS) is 26.5. The van der Waals surface area contributed by atoms with Crippen molar-refractivity contribution in [3.8, 4) is 0 Å². The van der Waals surface area contributed by atoms with E-state index < -0.39 is 0 Å². The molecule has 2 fully saturated rings. The molecule has 0 aromatic rings. The van der Waals surface area contributed by atoms with Gasteiger partial charge in [0.25, 0.3) is 0 Å². The van der Waals surface area contributed by atoms with Crippen LogP contribution in [0.3, 0.4) is 0 Å². The van der Waals surface area contributed by atoms with Crippen molar-refractivity contribution < 1.29 is 9.47 Å². The summed E-state index contributed by atoms with van der Waals surface area (Å²) in [5.41, 5.74) is 6.08. The van der Waals surface area contributed by atoms with E-state index in [0.717, 1.165) is 26.4 Å². The third kappa shape index (κ3) is 3.65. The molecule has 2 N–H and O–H groups in total. The van der Waals surface area contributed by atoms with E-state index >= 15 is 0 Å². The van der Waals surface area contributed by atoms with Crippen LogP contribution in [0.15, 0.2) is 0 Å². The number of hydrogen-bond acceptors (Lipinski definition) is 4. The summed E-state index contributed by atoms with van der Waals surface area (Å²) < 4.78 is 11.1. The standard InChI is InChI=1S/C13H26N2O2/c1-12(10-14)17-9-6-15-5-2-13(11-15)3-7-16-8-4-13/h12H,2-11,14H2,1H3. The molecule has 100 valence electrons. The van der Waals surface area contributed by atoms with Crippen LogP contribution in [0.25, 0.3) is 0 Å². The van der Waals surface area contributed by atoms with Gasteiger partial charge in [-0.1, -0.05) is 0 Å². The van der Waals surface area contributed by atoms with Crippen molar-refractivity contribution >= 4 is 0 Å². The third-order valence-electron chi connectivity index (χ3n) is 4.21. The van der Waals surface area contributed by atoms with E-state index in [0.29, 0.717) is 12.0 Å². The molecule has 2 aliphatic heterocycles. The molecule has 0 aromatic carbocycles. The molecule has 0 aromatic heterocycles. The van der Waals surface area contributed by atoms with Crippen LogP contribution in [-0.4, -0.2) is 57.0 Å². The number of rotatable bonds is 5. The molecule has 0 bridgehead atoms.